The van der Waals surface area contributed by atoms with E-state index in [9.17, 15) is 4.79 Å². The molecular weight excluding hydrogens is 164 g/mol. The molecule has 2 nitrogen and oxygen atoms in total. The van der Waals surface area contributed by atoms with Crippen LogP contribution >= 0.6 is 0 Å². The third kappa shape index (κ3) is 1.57. The van der Waals surface area contributed by atoms with Gasteiger partial charge in [-0.1, -0.05) is 5.57 Å². The van der Waals surface area contributed by atoms with E-state index in [0.29, 0.717) is 12.8 Å². The van der Waals surface area contributed by atoms with Crippen molar-refractivity contribution in [3.05, 3.63) is 41.7 Å². The highest BCUT2D eigenvalue weighted by Crippen LogP contribution is 2.24. The molecule has 0 unspecified atom stereocenters. The van der Waals surface area contributed by atoms with Crippen LogP contribution in [0.25, 0.3) is 0 Å². The molecule has 0 atom stereocenters. The van der Waals surface area contributed by atoms with Crippen LogP contribution in [0.2, 0.25) is 0 Å². The van der Waals surface area contributed by atoms with E-state index in [2.05, 4.69) is 0 Å². The molecule has 1 heterocycles. The highest BCUT2D eigenvalue weighted by atomic mass is 16.3. The number of Topliss-reactive ketones (excluding diaryl/α,β-unsaturated/α-hetero) is 1. The second-order valence-electron chi connectivity index (χ2n) is 3.25. The van der Waals surface area contributed by atoms with Crippen molar-refractivity contribution in [3.8, 4) is 0 Å². The zero-order valence-corrected chi connectivity index (χ0v) is 7.54. The molecule has 2 heteroatoms. The molecular formula is C11H11O2. The Labute approximate surface area is 77.2 Å². The quantitative estimate of drug-likeness (QED) is 0.690. The van der Waals surface area contributed by atoms with Gasteiger partial charge in [0.2, 0.25) is 0 Å². The van der Waals surface area contributed by atoms with Gasteiger partial charge in [-0.25, -0.2) is 0 Å². The Bertz CT molecular complexity index is 344. The van der Waals surface area contributed by atoms with E-state index in [1.165, 1.54) is 0 Å². The minimum atomic E-state index is 0.230. The maximum absolute atomic E-state index is 11.4. The van der Waals surface area contributed by atoms with Gasteiger partial charge in [-0.2, -0.15) is 0 Å². The molecule has 1 aromatic heterocycles. The predicted octanol–water partition coefficient (Wildman–Crippen LogP) is 2.32. The Morgan fingerprint density at radius 1 is 1.54 bits per heavy atom. The summed E-state index contributed by atoms with van der Waals surface area (Å²) < 4.78 is 5.19. The van der Waals surface area contributed by atoms with Gasteiger partial charge >= 0.3 is 0 Å². The van der Waals surface area contributed by atoms with Gasteiger partial charge < -0.3 is 4.42 Å². The van der Waals surface area contributed by atoms with Gasteiger partial charge in [-0.15, -0.1) is 0 Å². The van der Waals surface area contributed by atoms with Crippen molar-refractivity contribution in [1.82, 2.24) is 0 Å². The fraction of sp³-hybridized carbons (Fsp3) is 0.273. The molecule has 67 valence electrons. The number of ketones is 1. The van der Waals surface area contributed by atoms with Crippen molar-refractivity contribution in [1.29, 1.82) is 0 Å². The van der Waals surface area contributed by atoms with Gasteiger partial charge in [0.25, 0.3) is 0 Å². The first-order valence-electron chi connectivity index (χ1n) is 4.36. The summed E-state index contributed by atoms with van der Waals surface area (Å²) in [4.78, 5) is 11.4. The first kappa shape index (κ1) is 8.30. The average molecular weight is 175 g/mol. The molecule has 0 bridgehead atoms. The third-order valence-electron chi connectivity index (χ3n) is 2.34. The molecule has 0 saturated carbocycles. The molecule has 1 aromatic rings. The van der Waals surface area contributed by atoms with Crippen molar-refractivity contribution in [2.75, 3.05) is 0 Å². The van der Waals surface area contributed by atoms with Gasteiger partial charge in [-0.3, -0.25) is 4.79 Å². The van der Waals surface area contributed by atoms with Crippen molar-refractivity contribution >= 4 is 5.78 Å². The number of rotatable bonds is 2. The summed E-state index contributed by atoms with van der Waals surface area (Å²) in [5.74, 6) is 1.09. The third-order valence-corrected chi connectivity index (χ3v) is 2.34. The van der Waals surface area contributed by atoms with E-state index in [4.69, 9.17) is 4.42 Å². The lowest BCUT2D eigenvalue weighted by Crippen LogP contribution is -1.99. The number of carbonyl (C=O) groups is 1. The summed E-state index contributed by atoms with van der Waals surface area (Å²) in [6.45, 7) is 1.98. The van der Waals surface area contributed by atoms with Crippen molar-refractivity contribution in [2.24, 2.45) is 0 Å². The fourth-order valence-electron chi connectivity index (χ4n) is 1.54. The van der Waals surface area contributed by atoms with Crippen LogP contribution in [0.3, 0.4) is 0 Å². The Morgan fingerprint density at radius 2 is 2.38 bits per heavy atom. The number of carbonyl (C=O) groups excluding carboxylic acids is 1. The summed E-state index contributed by atoms with van der Waals surface area (Å²) in [6, 6.07) is 3.74. The summed E-state index contributed by atoms with van der Waals surface area (Å²) >= 11 is 0. The lowest BCUT2D eigenvalue weighted by Gasteiger charge is -1.98. The van der Waals surface area contributed by atoms with Gasteiger partial charge in [0, 0.05) is 18.4 Å². The standard InChI is InChI=1S/C11H11O2/c1-8-4-5-11(12)10(8)7-9-3-2-6-13-9/h2-4,6H,5,7H2,1H3. The molecule has 0 N–H and O–H groups in total. The summed E-state index contributed by atoms with van der Waals surface area (Å²) in [7, 11) is 0. The van der Waals surface area contributed by atoms with E-state index < -0.39 is 0 Å². The fourth-order valence-corrected chi connectivity index (χ4v) is 1.54. The molecule has 1 radical (unpaired) electrons. The maximum Gasteiger partial charge on any atom is 0.159 e. The Morgan fingerprint density at radius 3 is 2.92 bits per heavy atom. The molecule has 0 aliphatic heterocycles. The Balaban J connectivity index is 2.18. The highest BCUT2D eigenvalue weighted by Gasteiger charge is 2.20. The minimum Gasteiger partial charge on any atom is -0.469 e. The van der Waals surface area contributed by atoms with E-state index in [1.807, 2.05) is 25.5 Å². The molecule has 1 aliphatic rings. The number of hydrogen-bond donors (Lipinski definition) is 0. The average Bonchev–Trinajstić information content (AvgIpc) is 2.70. The number of hydrogen-bond acceptors (Lipinski definition) is 2. The van der Waals surface area contributed by atoms with Crippen LogP contribution in [0.5, 0.6) is 0 Å². The van der Waals surface area contributed by atoms with E-state index in [-0.39, 0.29) is 5.78 Å². The number of furan rings is 1. The minimum absolute atomic E-state index is 0.230. The Hall–Kier alpha value is -1.31. The topological polar surface area (TPSA) is 30.2 Å². The lowest BCUT2D eigenvalue weighted by molar-refractivity contribution is -0.114. The van der Waals surface area contributed by atoms with E-state index in [0.717, 1.165) is 16.9 Å². The van der Waals surface area contributed by atoms with Gasteiger partial charge in [-0.05, 0) is 25.5 Å². The second-order valence-corrected chi connectivity index (χ2v) is 3.25. The van der Waals surface area contributed by atoms with Gasteiger partial charge in [0.1, 0.15) is 5.76 Å². The van der Waals surface area contributed by atoms with Crippen LogP contribution in [-0.4, -0.2) is 5.78 Å². The molecule has 0 aromatic carbocycles. The van der Waals surface area contributed by atoms with Crippen LogP contribution < -0.4 is 0 Å². The monoisotopic (exact) mass is 175 g/mol. The second kappa shape index (κ2) is 3.21. The smallest absolute Gasteiger partial charge is 0.159 e. The van der Waals surface area contributed by atoms with Crippen LogP contribution in [0.1, 0.15) is 19.1 Å². The van der Waals surface area contributed by atoms with Crippen LogP contribution in [0.15, 0.2) is 34.0 Å². The number of allylic oxidation sites excluding steroid dienone is 2. The van der Waals surface area contributed by atoms with Crippen molar-refractivity contribution in [3.63, 3.8) is 0 Å². The predicted molar refractivity (Wildman–Crippen MR) is 49.0 cm³/mol. The summed E-state index contributed by atoms with van der Waals surface area (Å²) in [5.41, 5.74) is 2.00. The molecule has 0 fully saturated rings. The highest BCUT2D eigenvalue weighted by molar-refractivity contribution is 6.00. The van der Waals surface area contributed by atoms with Crippen molar-refractivity contribution in [2.45, 2.75) is 19.8 Å². The SMILES string of the molecule is CC1=C(Cc2ccco2)C(=O)C[CH]1. The first-order chi connectivity index (χ1) is 6.27. The Kier molecular flexibility index (Phi) is 2.05. The van der Waals surface area contributed by atoms with Gasteiger partial charge in [0.05, 0.1) is 6.26 Å². The zero-order chi connectivity index (χ0) is 9.26. The summed E-state index contributed by atoms with van der Waals surface area (Å²) in [5, 5.41) is 0. The molecule has 0 saturated heterocycles. The normalized spacial score (nSPS) is 17.2. The summed E-state index contributed by atoms with van der Waals surface area (Å²) in [6.07, 6.45) is 4.80. The largest absolute Gasteiger partial charge is 0.469 e. The van der Waals surface area contributed by atoms with E-state index >= 15 is 0 Å². The molecule has 13 heavy (non-hydrogen) atoms. The molecule has 0 spiro atoms. The van der Waals surface area contributed by atoms with E-state index in [1.54, 1.807) is 6.26 Å². The van der Waals surface area contributed by atoms with Crippen LogP contribution in [0.4, 0.5) is 0 Å². The van der Waals surface area contributed by atoms with Crippen LogP contribution in [0, 0.1) is 6.42 Å². The van der Waals surface area contributed by atoms with Gasteiger partial charge in [0.15, 0.2) is 5.78 Å². The maximum atomic E-state index is 11.4. The molecule has 0 amide bonds. The molecule has 1 aliphatic carbocycles. The molecule has 2 rings (SSSR count). The first-order valence-corrected chi connectivity index (χ1v) is 4.36. The van der Waals surface area contributed by atoms with Crippen molar-refractivity contribution < 1.29 is 9.21 Å². The lowest BCUT2D eigenvalue weighted by atomic mass is 10.1. The van der Waals surface area contributed by atoms with Crippen LogP contribution in [-0.2, 0) is 11.2 Å². The zero-order valence-electron chi connectivity index (χ0n) is 7.54.